The van der Waals surface area contributed by atoms with Crippen LogP contribution in [0.3, 0.4) is 0 Å². The Morgan fingerprint density at radius 1 is 1.06 bits per heavy atom. The molecule has 0 fully saturated rings. The zero-order valence-electron chi connectivity index (χ0n) is 19.6. The molecular formula is C24H27Cl2N3O5S. The third kappa shape index (κ3) is 5.63. The fraction of sp³-hybridized carbons (Fsp3) is 0.375. The molecular weight excluding hydrogens is 513 g/mol. The molecule has 188 valence electrons. The van der Waals surface area contributed by atoms with E-state index in [0.29, 0.717) is 26.3 Å². The van der Waals surface area contributed by atoms with Crippen LogP contribution >= 0.6 is 23.2 Å². The van der Waals surface area contributed by atoms with Crippen LogP contribution in [0.15, 0.2) is 47.4 Å². The topological polar surface area (TPSA) is 104 Å². The molecule has 1 N–H and O–H groups in total. The molecule has 35 heavy (non-hydrogen) atoms. The van der Waals surface area contributed by atoms with Gasteiger partial charge in [0.05, 0.1) is 5.56 Å². The fourth-order valence-electron chi connectivity index (χ4n) is 3.69. The second kappa shape index (κ2) is 11.0. The molecule has 2 atom stereocenters. The first kappa shape index (κ1) is 27.0. The van der Waals surface area contributed by atoms with E-state index in [-0.39, 0.29) is 41.9 Å². The molecule has 3 rings (SSSR count). The maximum absolute atomic E-state index is 13.3. The Kier molecular flexibility index (Phi) is 8.46. The van der Waals surface area contributed by atoms with Crippen molar-refractivity contribution in [3.63, 3.8) is 0 Å². The van der Waals surface area contributed by atoms with Crippen LogP contribution in [0, 0.1) is 0 Å². The van der Waals surface area contributed by atoms with Gasteiger partial charge in [-0.25, -0.2) is 12.7 Å². The molecule has 1 aliphatic heterocycles. The van der Waals surface area contributed by atoms with E-state index in [1.54, 1.807) is 31.2 Å². The van der Waals surface area contributed by atoms with Gasteiger partial charge < -0.3 is 10.2 Å². The minimum Gasteiger partial charge on any atom is -0.352 e. The number of sulfonamides is 1. The molecule has 0 saturated carbocycles. The number of hydrogen-bond acceptors (Lipinski definition) is 5. The number of rotatable bonds is 9. The largest absolute Gasteiger partial charge is 0.352 e. The van der Waals surface area contributed by atoms with Gasteiger partial charge in [-0.05, 0) is 44.5 Å². The van der Waals surface area contributed by atoms with E-state index in [1.165, 1.54) is 23.1 Å². The van der Waals surface area contributed by atoms with Crippen LogP contribution in [-0.4, -0.2) is 54.0 Å². The summed E-state index contributed by atoms with van der Waals surface area (Å²) in [5.41, 5.74) is 0.533. The lowest BCUT2D eigenvalue weighted by Gasteiger charge is -2.30. The fourth-order valence-corrected chi connectivity index (χ4v) is 5.78. The van der Waals surface area contributed by atoms with E-state index in [4.69, 9.17) is 23.2 Å². The molecule has 8 nitrogen and oxygen atoms in total. The number of nitrogens with zero attached hydrogens (tertiary/aromatic N) is 2. The number of halogens is 2. The van der Waals surface area contributed by atoms with Crippen molar-refractivity contribution in [1.29, 1.82) is 0 Å². The summed E-state index contributed by atoms with van der Waals surface area (Å²) in [7, 11) is -4.05. The standard InChI is InChI=1S/C24H27Cl2N3O5S/c1-4-15(2)27-23(31)16(3)28(14-18-19(25)9-7-10-20(18)26)22(30)12-13-29-24(32)17-8-5-6-11-21(17)35(29,33)34/h5-11,15-16H,4,12-14H2,1-3H3,(H,27,31)/t15-,16+/m0/s1. The second-order valence-corrected chi connectivity index (χ2v) is 11.0. The lowest BCUT2D eigenvalue weighted by molar-refractivity contribution is -0.140. The number of amides is 3. The smallest absolute Gasteiger partial charge is 0.269 e. The highest BCUT2D eigenvalue weighted by Gasteiger charge is 2.41. The van der Waals surface area contributed by atoms with Crippen LogP contribution in [0.1, 0.15) is 49.5 Å². The summed E-state index contributed by atoms with van der Waals surface area (Å²) in [5.74, 6) is -1.57. The van der Waals surface area contributed by atoms with Gasteiger partial charge in [-0.3, -0.25) is 14.4 Å². The van der Waals surface area contributed by atoms with Crippen molar-refractivity contribution < 1.29 is 22.8 Å². The summed E-state index contributed by atoms with van der Waals surface area (Å²) in [6.07, 6.45) is 0.389. The second-order valence-electron chi connectivity index (χ2n) is 8.34. The third-order valence-electron chi connectivity index (χ3n) is 6.00. The SMILES string of the molecule is CC[C@H](C)NC(=O)[C@@H](C)N(Cc1c(Cl)cccc1Cl)C(=O)CCN1C(=O)c2ccccc2S1(=O)=O. The third-order valence-corrected chi connectivity index (χ3v) is 8.55. The average Bonchev–Trinajstić information content (AvgIpc) is 3.02. The van der Waals surface area contributed by atoms with Gasteiger partial charge in [-0.1, -0.05) is 48.3 Å². The molecule has 0 aliphatic carbocycles. The molecule has 0 unspecified atom stereocenters. The summed E-state index contributed by atoms with van der Waals surface area (Å²) in [6, 6.07) is 9.83. The molecule has 1 heterocycles. The number of fused-ring (bicyclic) bond motifs is 1. The van der Waals surface area contributed by atoms with Crippen LogP contribution < -0.4 is 5.32 Å². The maximum atomic E-state index is 13.3. The van der Waals surface area contributed by atoms with Crippen LogP contribution in [0.25, 0.3) is 0 Å². The Morgan fingerprint density at radius 2 is 1.69 bits per heavy atom. The number of hydrogen-bond donors (Lipinski definition) is 1. The molecule has 0 bridgehead atoms. The highest BCUT2D eigenvalue weighted by molar-refractivity contribution is 7.90. The van der Waals surface area contributed by atoms with Gasteiger partial charge in [0.25, 0.3) is 15.9 Å². The van der Waals surface area contributed by atoms with Crippen molar-refractivity contribution in [2.24, 2.45) is 0 Å². The summed E-state index contributed by atoms with van der Waals surface area (Å²) >= 11 is 12.6. The molecule has 0 aromatic heterocycles. The minimum absolute atomic E-state index is 0.0621. The molecule has 1 aliphatic rings. The normalized spacial score (nSPS) is 15.9. The number of carbonyl (C=O) groups is 3. The molecule has 11 heteroatoms. The zero-order valence-corrected chi connectivity index (χ0v) is 22.0. The molecule has 0 saturated heterocycles. The molecule has 0 spiro atoms. The van der Waals surface area contributed by atoms with E-state index in [9.17, 15) is 22.8 Å². The van der Waals surface area contributed by atoms with E-state index in [2.05, 4.69) is 5.32 Å². The first-order valence-corrected chi connectivity index (χ1v) is 13.4. The van der Waals surface area contributed by atoms with Crippen LogP contribution in [0.4, 0.5) is 0 Å². The Bertz CT molecular complexity index is 1230. The Labute approximate surface area is 215 Å². The number of carbonyl (C=O) groups excluding carboxylic acids is 3. The van der Waals surface area contributed by atoms with Gasteiger partial charge in [0.1, 0.15) is 10.9 Å². The van der Waals surface area contributed by atoms with Crippen LogP contribution in [-0.2, 0) is 26.2 Å². The van der Waals surface area contributed by atoms with Crippen molar-refractivity contribution in [3.8, 4) is 0 Å². The van der Waals surface area contributed by atoms with Gasteiger partial charge in [0, 0.05) is 41.2 Å². The van der Waals surface area contributed by atoms with Gasteiger partial charge in [-0.15, -0.1) is 0 Å². The van der Waals surface area contributed by atoms with Gasteiger partial charge in [-0.2, -0.15) is 0 Å². The maximum Gasteiger partial charge on any atom is 0.269 e. The van der Waals surface area contributed by atoms with E-state index in [0.717, 1.165) is 0 Å². The number of nitrogens with one attached hydrogen (secondary N) is 1. The van der Waals surface area contributed by atoms with Crippen LogP contribution in [0.2, 0.25) is 10.0 Å². The molecule has 3 amide bonds. The Hall–Kier alpha value is -2.62. The lowest BCUT2D eigenvalue weighted by atomic mass is 10.1. The average molecular weight is 540 g/mol. The summed E-state index contributed by atoms with van der Waals surface area (Å²) in [6.45, 7) is 4.93. The van der Waals surface area contributed by atoms with E-state index < -0.39 is 27.9 Å². The van der Waals surface area contributed by atoms with Gasteiger partial charge in [0.2, 0.25) is 11.8 Å². The van der Waals surface area contributed by atoms with Crippen molar-refractivity contribution in [1.82, 2.24) is 14.5 Å². The lowest BCUT2D eigenvalue weighted by Crippen LogP contribution is -2.50. The van der Waals surface area contributed by atoms with Crippen molar-refractivity contribution in [3.05, 3.63) is 63.6 Å². The van der Waals surface area contributed by atoms with Crippen molar-refractivity contribution in [2.75, 3.05) is 6.54 Å². The minimum atomic E-state index is -4.05. The van der Waals surface area contributed by atoms with Crippen LogP contribution in [0.5, 0.6) is 0 Å². The number of benzene rings is 2. The molecule has 2 aromatic carbocycles. The molecule has 0 radical (unpaired) electrons. The summed E-state index contributed by atoms with van der Waals surface area (Å²) < 4.78 is 26.4. The van der Waals surface area contributed by atoms with E-state index in [1.807, 2.05) is 13.8 Å². The molecule has 2 aromatic rings. The summed E-state index contributed by atoms with van der Waals surface area (Å²) in [4.78, 5) is 40.1. The van der Waals surface area contributed by atoms with Crippen molar-refractivity contribution >= 4 is 50.9 Å². The predicted octanol–water partition coefficient (Wildman–Crippen LogP) is 3.86. The van der Waals surface area contributed by atoms with Crippen molar-refractivity contribution in [2.45, 2.75) is 57.1 Å². The monoisotopic (exact) mass is 539 g/mol. The quantitative estimate of drug-likeness (QED) is 0.520. The first-order chi connectivity index (χ1) is 16.5. The van der Waals surface area contributed by atoms with Gasteiger partial charge >= 0.3 is 0 Å². The Morgan fingerprint density at radius 3 is 2.29 bits per heavy atom. The Balaban J connectivity index is 1.84. The highest BCUT2D eigenvalue weighted by atomic mass is 35.5. The highest BCUT2D eigenvalue weighted by Crippen LogP contribution is 2.31. The summed E-state index contributed by atoms with van der Waals surface area (Å²) in [5, 5.41) is 3.51. The van der Waals surface area contributed by atoms with E-state index >= 15 is 0 Å². The van der Waals surface area contributed by atoms with Gasteiger partial charge in [0.15, 0.2) is 0 Å². The first-order valence-electron chi connectivity index (χ1n) is 11.2. The predicted molar refractivity (Wildman–Crippen MR) is 134 cm³/mol. The zero-order chi connectivity index (χ0) is 25.9.